The van der Waals surface area contributed by atoms with E-state index in [2.05, 4.69) is 5.32 Å². The fraction of sp³-hybridized carbons (Fsp3) is 0.300. The van der Waals surface area contributed by atoms with Gasteiger partial charge in [-0.25, -0.2) is 4.79 Å². The first kappa shape index (κ1) is 19.8. The van der Waals surface area contributed by atoms with Gasteiger partial charge in [0, 0.05) is 26.3 Å². The second kappa shape index (κ2) is 8.84. The lowest BCUT2D eigenvalue weighted by Crippen LogP contribution is -2.28. The van der Waals surface area contributed by atoms with Gasteiger partial charge in [0.15, 0.2) is 18.1 Å². The first-order chi connectivity index (χ1) is 13.4. The van der Waals surface area contributed by atoms with Crippen LogP contribution < -0.4 is 19.7 Å². The summed E-state index contributed by atoms with van der Waals surface area (Å²) in [6.45, 7) is 0.731. The van der Waals surface area contributed by atoms with Gasteiger partial charge >= 0.3 is 5.97 Å². The van der Waals surface area contributed by atoms with E-state index in [1.807, 2.05) is 43.3 Å². The number of anilines is 1. The number of hydrogen-bond donors (Lipinski definition) is 1. The Morgan fingerprint density at radius 3 is 2.57 bits per heavy atom. The number of hydrogen-bond acceptors (Lipinski definition) is 6. The monoisotopic (exact) mass is 404 g/mol. The molecule has 0 spiro atoms. The molecule has 1 aliphatic rings. The zero-order chi connectivity index (χ0) is 20.1. The van der Waals surface area contributed by atoms with E-state index in [1.54, 1.807) is 0 Å². The number of amides is 1. The highest BCUT2D eigenvalue weighted by Gasteiger charge is 2.20. The highest BCUT2D eigenvalue weighted by molar-refractivity contribution is 6.32. The summed E-state index contributed by atoms with van der Waals surface area (Å²) in [5.74, 6) is -0.267. The Hall–Kier alpha value is -2.93. The number of halogens is 1. The molecule has 0 fully saturated rings. The van der Waals surface area contributed by atoms with Crippen molar-refractivity contribution in [3.63, 3.8) is 0 Å². The number of nitrogens with one attached hydrogen (secondary N) is 1. The molecule has 0 aromatic heterocycles. The van der Waals surface area contributed by atoms with Crippen molar-refractivity contribution < 1.29 is 23.8 Å². The van der Waals surface area contributed by atoms with Gasteiger partial charge in [-0.05, 0) is 29.8 Å². The molecule has 0 unspecified atom stereocenters. The minimum absolute atomic E-state index is 0.196. The Morgan fingerprint density at radius 2 is 1.86 bits per heavy atom. The zero-order valence-electron chi connectivity index (χ0n) is 15.7. The third kappa shape index (κ3) is 4.86. The fourth-order valence-electron chi connectivity index (χ4n) is 2.61. The van der Waals surface area contributed by atoms with Crippen LogP contribution in [0.5, 0.6) is 11.5 Å². The maximum absolute atomic E-state index is 12.2. The molecule has 1 amide bonds. The Morgan fingerprint density at radius 1 is 1.14 bits per heavy atom. The van der Waals surface area contributed by atoms with Crippen molar-refractivity contribution in [3.8, 4) is 11.5 Å². The number of benzene rings is 2. The second-order valence-corrected chi connectivity index (χ2v) is 6.80. The molecule has 0 bridgehead atoms. The summed E-state index contributed by atoms with van der Waals surface area (Å²) < 4.78 is 15.9. The van der Waals surface area contributed by atoms with Gasteiger partial charge in [0.05, 0.1) is 10.6 Å². The van der Waals surface area contributed by atoms with Crippen LogP contribution in [0.2, 0.25) is 5.02 Å². The lowest BCUT2D eigenvalue weighted by Gasteiger charge is -2.19. The van der Waals surface area contributed by atoms with Gasteiger partial charge < -0.3 is 24.4 Å². The van der Waals surface area contributed by atoms with Crippen LogP contribution in [0.15, 0.2) is 36.4 Å². The minimum Gasteiger partial charge on any atom is -0.486 e. The van der Waals surface area contributed by atoms with Crippen LogP contribution in [0.4, 0.5) is 5.69 Å². The summed E-state index contributed by atoms with van der Waals surface area (Å²) in [5.41, 5.74) is 2.22. The van der Waals surface area contributed by atoms with E-state index in [9.17, 15) is 9.59 Å². The van der Waals surface area contributed by atoms with Gasteiger partial charge in [-0.1, -0.05) is 23.7 Å². The Kier molecular flexibility index (Phi) is 6.26. The fourth-order valence-corrected chi connectivity index (χ4v) is 2.87. The van der Waals surface area contributed by atoms with Crippen molar-refractivity contribution in [2.45, 2.75) is 6.54 Å². The number of carbonyl (C=O) groups excluding carboxylic acids is 2. The molecule has 0 saturated carbocycles. The Labute approximate surface area is 168 Å². The van der Waals surface area contributed by atoms with Crippen molar-refractivity contribution in [2.24, 2.45) is 0 Å². The number of carbonyl (C=O) groups is 2. The minimum atomic E-state index is -0.663. The maximum Gasteiger partial charge on any atom is 0.338 e. The highest BCUT2D eigenvalue weighted by Crippen LogP contribution is 2.38. The van der Waals surface area contributed by atoms with Gasteiger partial charge in [0.25, 0.3) is 5.91 Å². The maximum atomic E-state index is 12.2. The summed E-state index contributed by atoms with van der Waals surface area (Å²) >= 11 is 6.11. The average Bonchev–Trinajstić information content (AvgIpc) is 2.70. The predicted octanol–water partition coefficient (Wildman–Crippen LogP) is 2.65. The van der Waals surface area contributed by atoms with Crippen molar-refractivity contribution in [2.75, 3.05) is 38.8 Å². The largest absolute Gasteiger partial charge is 0.486 e. The van der Waals surface area contributed by atoms with E-state index < -0.39 is 11.9 Å². The molecule has 0 atom stereocenters. The first-order valence-corrected chi connectivity index (χ1v) is 9.11. The van der Waals surface area contributed by atoms with E-state index in [-0.39, 0.29) is 17.2 Å². The SMILES string of the molecule is CN(C)c1ccc(CNC(=O)COC(=O)c2cc(Cl)c3c(c2)OCCO3)cc1. The predicted molar refractivity (Wildman–Crippen MR) is 105 cm³/mol. The van der Waals surface area contributed by atoms with Crippen LogP contribution in [0.25, 0.3) is 0 Å². The normalized spacial score (nSPS) is 12.2. The number of fused-ring (bicyclic) bond motifs is 1. The standard InChI is InChI=1S/C20H21ClN2O5/c1-23(2)15-5-3-13(4-6-15)11-22-18(24)12-28-20(25)14-9-16(21)19-17(10-14)26-7-8-27-19/h3-6,9-10H,7-8,11-12H2,1-2H3,(H,22,24). The molecule has 28 heavy (non-hydrogen) atoms. The lowest BCUT2D eigenvalue weighted by atomic mass is 10.2. The number of ether oxygens (including phenoxy) is 3. The molecule has 1 aliphatic heterocycles. The lowest BCUT2D eigenvalue weighted by molar-refractivity contribution is -0.124. The third-order valence-corrected chi connectivity index (χ3v) is 4.39. The van der Waals surface area contributed by atoms with E-state index in [4.69, 9.17) is 25.8 Å². The quantitative estimate of drug-likeness (QED) is 0.746. The van der Waals surface area contributed by atoms with Gasteiger partial charge in [0.2, 0.25) is 0 Å². The molecule has 2 aromatic rings. The molecule has 1 N–H and O–H groups in total. The molecule has 1 heterocycles. The molecular weight excluding hydrogens is 384 g/mol. The smallest absolute Gasteiger partial charge is 0.338 e. The number of esters is 1. The molecule has 0 saturated heterocycles. The van der Waals surface area contributed by atoms with Crippen molar-refractivity contribution in [3.05, 3.63) is 52.5 Å². The third-order valence-electron chi connectivity index (χ3n) is 4.11. The molecule has 7 nitrogen and oxygen atoms in total. The van der Waals surface area contributed by atoms with E-state index in [0.29, 0.717) is 31.3 Å². The van der Waals surface area contributed by atoms with Crippen LogP contribution >= 0.6 is 11.6 Å². The molecule has 148 valence electrons. The van der Waals surface area contributed by atoms with Gasteiger partial charge in [-0.3, -0.25) is 4.79 Å². The van der Waals surface area contributed by atoms with Gasteiger partial charge in [0.1, 0.15) is 13.2 Å². The van der Waals surface area contributed by atoms with Crippen LogP contribution in [-0.4, -0.2) is 45.8 Å². The summed E-state index contributed by atoms with van der Waals surface area (Å²) in [5, 5.41) is 2.97. The van der Waals surface area contributed by atoms with Crippen LogP contribution in [0.3, 0.4) is 0 Å². The summed E-state index contributed by atoms with van der Waals surface area (Å²) in [4.78, 5) is 26.2. The number of nitrogens with zero attached hydrogens (tertiary/aromatic N) is 1. The van der Waals surface area contributed by atoms with Crippen LogP contribution in [0, 0.1) is 0 Å². The van der Waals surface area contributed by atoms with E-state index >= 15 is 0 Å². The summed E-state index contributed by atoms with van der Waals surface area (Å²) in [7, 11) is 3.92. The summed E-state index contributed by atoms with van der Waals surface area (Å²) in [6, 6.07) is 10.7. The van der Waals surface area contributed by atoms with E-state index in [0.717, 1.165) is 11.3 Å². The van der Waals surface area contributed by atoms with Crippen LogP contribution in [0.1, 0.15) is 15.9 Å². The average molecular weight is 405 g/mol. The van der Waals surface area contributed by atoms with E-state index in [1.165, 1.54) is 12.1 Å². The molecule has 2 aromatic carbocycles. The topological polar surface area (TPSA) is 77.1 Å². The molecule has 0 aliphatic carbocycles. The van der Waals surface area contributed by atoms with Gasteiger partial charge in [-0.15, -0.1) is 0 Å². The highest BCUT2D eigenvalue weighted by atomic mass is 35.5. The molecule has 3 rings (SSSR count). The van der Waals surface area contributed by atoms with Crippen molar-refractivity contribution in [1.29, 1.82) is 0 Å². The van der Waals surface area contributed by atoms with Crippen LogP contribution in [-0.2, 0) is 16.1 Å². The van der Waals surface area contributed by atoms with Gasteiger partial charge in [-0.2, -0.15) is 0 Å². The Bertz CT molecular complexity index is 868. The second-order valence-electron chi connectivity index (χ2n) is 6.40. The zero-order valence-corrected chi connectivity index (χ0v) is 16.4. The molecule has 0 radical (unpaired) electrons. The molecular formula is C20H21ClN2O5. The van der Waals surface area contributed by atoms with Crippen molar-refractivity contribution >= 4 is 29.2 Å². The molecule has 8 heteroatoms. The Balaban J connectivity index is 1.50. The summed E-state index contributed by atoms with van der Waals surface area (Å²) in [6.07, 6.45) is 0. The first-order valence-electron chi connectivity index (χ1n) is 8.73. The van der Waals surface area contributed by atoms with Crippen molar-refractivity contribution in [1.82, 2.24) is 5.32 Å². The number of rotatable bonds is 6.